The number of aliphatic hydroxyl groups is 1. The van der Waals surface area contributed by atoms with E-state index in [0.717, 1.165) is 46.5 Å². The summed E-state index contributed by atoms with van der Waals surface area (Å²) in [5.74, 6) is 0.656. The van der Waals surface area contributed by atoms with Gasteiger partial charge < -0.3 is 19.3 Å². The highest BCUT2D eigenvalue weighted by Gasteiger charge is 2.28. The zero-order valence-electron chi connectivity index (χ0n) is 23.0. The molecule has 1 fully saturated rings. The standard InChI is InChI=1S/C33H33N3O4/c1-22-19-35(21-34-22)30-15-8-25(18-31(30)40-3)17-29-5-4-16-36(33(29)39)23(2)26-11-13-28(14-12-26)32(38)27-9-6-24(20-37)7-10-27/h6-15,17-19,21,23,37H,4-5,16,20H2,1-3H3/b29-17+/t23-/m0/s1. The van der Waals surface area contributed by atoms with E-state index in [-0.39, 0.29) is 24.3 Å². The summed E-state index contributed by atoms with van der Waals surface area (Å²) in [7, 11) is 1.64. The first kappa shape index (κ1) is 27.1. The smallest absolute Gasteiger partial charge is 0.250 e. The van der Waals surface area contributed by atoms with Crippen molar-refractivity contribution in [2.45, 2.75) is 39.3 Å². The van der Waals surface area contributed by atoms with Crippen molar-refractivity contribution in [1.82, 2.24) is 14.5 Å². The van der Waals surface area contributed by atoms with Crippen LogP contribution in [-0.4, -0.2) is 44.9 Å². The first-order valence-electron chi connectivity index (χ1n) is 13.4. The molecule has 7 heteroatoms. The number of aryl methyl sites for hydroxylation is 1. The molecule has 5 rings (SSSR count). The van der Waals surface area contributed by atoms with Gasteiger partial charge in [0, 0.05) is 29.4 Å². The average Bonchev–Trinajstić information content (AvgIpc) is 3.43. The molecule has 1 aliphatic heterocycles. The molecule has 204 valence electrons. The minimum atomic E-state index is -0.134. The summed E-state index contributed by atoms with van der Waals surface area (Å²) in [6, 6.07) is 20.2. The maximum atomic E-state index is 13.5. The van der Waals surface area contributed by atoms with Gasteiger partial charge in [0.25, 0.3) is 0 Å². The monoisotopic (exact) mass is 535 g/mol. The molecule has 0 spiro atoms. The average molecular weight is 536 g/mol. The van der Waals surface area contributed by atoms with Crippen LogP contribution in [0.2, 0.25) is 0 Å². The number of hydrogen-bond acceptors (Lipinski definition) is 5. The van der Waals surface area contributed by atoms with Crippen LogP contribution in [0.1, 0.15) is 64.1 Å². The van der Waals surface area contributed by atoms with Gasteiger partial charge in [-0.05, 0) is 61.6 Å². The molecule has 0 unspecified atom stereocenters. The Hall–Kier alpha value is -4.49. The zero-order valence-corrected chi connectivity index (χ0v) is 23.0. The Balaban J connectivity index is 1.32. The van der Waals surface area contributed by atoms with E-state index in [1.54, 1.807) is 37.7 Å². The molecular weight excluding hydrogens is 502 g/mol. The lowest BCUT2D eigenvalue weighted by atomic mass is 9.96. The van der Waals surface area contributed by atoms with Crippen LogP contribution < -0.4 is 4.74 Å². The molecule has 1 aromatic heterocycles. The highest BCUT2D eigenvalue weighted by Crippen LogP contribution is 2.31. The number of ether oxygens (including phenoxy) is 1. The molecule has 1 amide bonds. The normalized spacial score (nSPS) is 15.3. The molecule has 1 N–H and O–H groups in total. The molecule has 1 saturated heterocycles. The molecule has 3 aromatic carbocycles. The van der Waals surface area contributed by atoms with E-state index >= 15 is 0 Å². The topological polar surface area (TPSA) is 84.7 Å². The van der Waals surface area contributed by atoms with Crippen molar-refractivity contribution in [1.29, 1.82) is 0 Å². The van der Waals surface area contributed by atoms with Gasteiger partial charge in [0.2, 0.25) is 5.91 Å². The quantitative estimate of drug-likeness (QED) is 0.232. The third kappa shape index (κ3) is 5.60. The van der Waals surface area contributed by atoms with Crippen LogP contribution in [0.15, 0.2) is 84.8 Å². The van der Waals surface area contributed by atoms with Crippen LogP contribution in [0.5, 0.6) is 5.75 Å². The van der Waals surface area contributed by atoms with Gasteiger partial charge >= 0.3 is 0 Å². The molecule has 4 aromatic rings. The molecular formula is C33H33N3O4. The number of aliphatic hydroxyl groups excluding tert-OH is 1. The van der Waals surface area contributed by atoms with E-state index in [1.807, 2.05) is 78.1 Å². The fourth-order valence-corrected chi connectivity index (χ4v) is 5.11. The maximum Gasteiger partial charge on any atom is 0.250 e. The number of rotatable bonds is 8. The molecule has 0 bridgehead atoms. The van der Waals surface area contributed by atoms with Crippen molar-refractivity contribution in [3.63, 3.8) is 0 Å². The van der Waals surface area contributed by atoms with E-state index in [4.69, 9.17) is 4.74 Å². The summed E-state index contributed by atoms with van der Waals surface area (Å²) in [5, 5.41) is 9.23. The predicted molar refractivity (Wildman–Crippen MR) is 154 cm³/mol. The predicted octanol–water partition coefficient (Wildman–Crippen LogP) is 5.68. The van der Waals surface area contributed by atoms with Crippen molar-refractivity contribution in [2.24, 2.45) is 0 Å². The van der Waals surface area contributed by atoms with Crippen LogP contribution >= 0.6 is 0 Å². The first-order valence-corrected chi connectivity index (χ1v) is 13.4. The molecule has 1 atom stereocenters. The van der Waals surface area contributed by atoms with E-state index < -0.39 is 0 Å². The second kappa shape index (κ2) is 11.7. The first-order chi connectivity index (χ1) is 19.4. The number of methoxy groups -OCH3 is 1. The highest BCUT2D eigenvalue weighted by molar-refractivity contribution is 6.09. The van der Waals surface area contributed by atoms with Crippen molar-refractivity contribution in [3.8, 4) is 11.4 Å². The summed E-state index contributed by atoms with van der Waals surface area (Å²) in [6.45, 7) is 4.59. The van der Waals surface area contributed by atoms with Crippen LogP contribution in [0, 0.1) is 6.92 Å². The summed E-state index contributed by atoms with van der Waals surface area (Å²) in [5.41, 5.74) is 6.38. The lowest BCUT2D eigenvalue weighted by Crippen LogP contribution is -2.38. The molecule has 2 heterocycles. The Labute approximate surface area is 234 Å². The van der Waals surface area contributed by atoms with Crippen molar-refractivity contribution in [3.05, 3.63) is 118 Å². The largest absolute Gasteiger partial charge is 0.495 e. The number of imidazole rings is 1. The zero-order chi connectivity index (χ0) is 28.2. The van der Waals surface area contributed by atoms with E-state index in [9.17, 15) is 14.7 Å². The third-order valence-electron chi connectivity index (χ3n) is 7.44. The van der Waals surface area contributed by atoms with Gasteiger partial charge in [-0.3, -0.25) is 9.59 Å². The minimum absolute atomic E-state index is 0.0242. The van der Waals surface area contributed by atoms with Crippen molar-refractivity contribution < 1.29 is 19.4 Å². The van der Waals surface area contributed by atoms with Gasteiger partial charge in [0.1, 0.15) is 5.75 Å². The molecule has 7 nitrogen and oxygen atoms in total. The van der Waals surface area contributed by atoms with Gasteiger partial charge in [-0.2, -0.15) is 0 Å². The maximum absolute atomic E-state index is 13.5. The molecule has 0 saturated carbocycles. The molecule has 1 aliphatic rings. The van der Waals surface area contributed by atoms with E-state index in [1.165, 1.54) is 0 Å². The number of aromatic nitrogens is 2. The lowest BCUT2D eigenvalue weighted by Gasteiger charge is -2.34. The fraction of sp³-hybridized carbons (Fsp3) is 0.242. The van der Waals surface area contributed by atoms with Gasteiger partial charge in [-0.25, -0.2) is 4.98 Å². The number of ketones is 1. The number of carbonyl (C=O) groups excluding carboxylic acids is 2. The number of carbonyl (C=O) groups is 2. The fourth-order valence-electron chi connectivity index (χ4n) is 5.11. The van der Waals surface area contributed by atoms with E-state index in [2.05, 4.69) is 4.98 Å². The summed E-state index contributed by atoms with van der Waals surface area (Å²) in [6.07, 6.45) is 7.25. The van der Waals surface area contributed by atoms with E-state index in [0.29, 0.717) is 23.4 Å². The Bertz CT molecular complexity index is 1550. The Morgan fingerprint density at radius 2 is 1.77 bits per heavy atom. The number of amides is 1. The van der Waals surface area contributed by atoms with Gasteiger partial charge in [0.05, 0.1) is 37.5 Å². The lowest BCUT2D eigenvalue weighted by molar-refractivity contribution is -0.130. The van der Waals surface area contributed by atoms with Crippen LogP contribution in [-0.2, 0) is 11.4 Å². The number of likely N-dealkylation sites (tertiary alicyclic amines) is 1. The molecule has 0 aliphatic carbocycles. The Kier molecular flexibility index (Phi) is 7.94. The number of hydrogen-bond donors (Lipinski definition) is 1. The summed E-state index contributed by atoms with van der Waals surface area (Å²) in [4.78, 5) is 32.6. The third-order valence-corrected chi connectivity index (χ3v) is 7.44. The van der Waals surface area contributed by atoms with Crippen LogP contribution in [0.3, 0.4) is 0 Å². The summed E-state index contributed by atoms with van der Waals surface area (Å²) < 4.78 is 7.56. The molecule has 40 heavy (non-hydrogen) atoms. The number of benzene rings is 3. The highest BCUT2D eigenvalue weighted by atomic mass is 16.5. The second-order valence-electron chi connectivity index (χ2n) is 10.1. The Morgan fingerprint density at radius 1 is 1.07 bits per heavy atom. The molecule has 0 radical (unpaired) electrons. The van der Waals surface area contributed by atoms with Gasteiger partial charge in [-0.1, -0.05) is 54.6 Å². The van der Waals surface area contributed by atoms with Gasteiger partial charge in [0.15, 0.2) is 5.78 Å². The van der Waals surface area contributed by atoms with Crippen LogP contribution in [0.4, 0.5) is 0 Å². The SMILES string of the molecule is COc1cc(/C=C2\CCCN([C@@H](C)c3ccc(C(=O)c4ccc(CO)cc4)cc3)C2=O)ccc1-n1cnc(C)c1. The number of piperidine rings is 1. The van der Waals surface area contributed by atoms with Crippen molar-refractivity contribution >= 4 is 17.8 Å². The van der Waals surface area contributed by atoms with Crippen LogP contribution in [0.25, 0.3) is 11.8 Å². The minimum Gasteiger partial charge on any atom is -0.495 e. The summed E-state index contributed by atoms with van der Waals surface area (Å²) >= 11 is 0. The second-order valence-corrected chi connectivity index (χ2v) is 10.1. The van der Waals surface area contributed by atoms with Crippen molar-refractivity contribution in [2.75, 3.05) is 13.7 Å². The Morgan fingerprint density at radius 3 is 2.40 bits per heavy atom. The number of nitrogens with zero attached hydrogens (tertiary/aromatic N) is 3. The van der Waals surface area contributed by atoms with Gasteiger partial charge in [-0.15, -0.1) is 0 Å².